The number of nitrogens with one attached hydrogen (secondary N) is 1. The molecule has 0 spiro atoms. The number of rotatable bonds is 6. The number of hydrogen-bond donors (Lipinski definition) is 1. The molecule has 0 unspecified atom stereocenters. The van der Waals surface area contributed by atoms with E-state index in [2.05, 4.69) is 53.4 Å². The van der Waals surface area contributed by atoms with Crippen LogP contribution < -0.4 is 10.2 Å². The molecule has 1 aliphatic carbocycles. The summed E-state index contributed by atoms with van der Waals surface area (Å²) in [5.74, 6) is 0.740. The maximum atomic E-state index is 12.2. The number of nitrogens with zero attached hydrogens (tertiary/aromatic N) is 2. The Hall–Kier alpha value is -1.55. The molecule has 1 saturated carbocycles. The molecule has 1 aromatic carbocycles. The van der Waals surface area contributed by atoms with E-state index in [1.165, 1.54) is 36.9 Å². The second-order valence-electron chi connectivity index (χ2n) is 7.60. The zero-order valence-electron chi connectivity index (χ0n) is 15.1. The number of hydrogen-bond acceptors (Lipinski definition) is 3. The summed E-state index contributed by atoms with van der Waals surface area (Å²) in [6.45, 7) is 5.62. The third-order valence-electron chi connectivity index (χ3n) is 5.58. The molecule has 4 heteroatoms. The molecule has 2 aliphatic rings. The first-order valence-corrected chi connectivity index (χ1v) is 9.40. The second kappa shape index (κ2) is 8.02. The number of amides is 1. The molecular weight excluding hydrogens is 298 g/mol. The Labute approximate surface area is 146 Å². The van der Waals surface area contributed by atoms with Gasteiger partial charge in [-0.05, 0) is 56.8 Å². The van der Waals surface area contributed by atoms with Crippen molar-refractivity contribution in [1.82, 2.24) is 10.2 Å². The predicted octanol–water partition coefficient (Wildman–Crippen LogP) is 2.81. The van der Waals surface area contributed by atoms with Crippen molar-refractivity contribution in [1.29, 1.82) is 0 Å². The van der Waals surface area contributed by atoms with Crippen LogP contribution in [-0.2, 0) is 4.79 Å². The summed E-state index contributed by atoms with van der Waals surface area (Å²) >= 11 is 0. The molecule has 1 N–H and O–H groups in total. The number of benzene rings is 1. The maximum Gasteiger partial charge on any atom is 0.234 e. The summed E-state index contributed by atoms with van der Waals surface area (Å²) in [6.07, 6.45) is 6.28. The van der Waals surface area contributed by atoms with Gasteiger partial charge in [-0.1, -0.05) is 25.0 Å². The molecule has 3 rings (SSSR count). The zero-order valence-corrected chi connectivity index (χ0v) is 15.1. The van der Waals surface area contributed by atoms with Crippen LogP contribution in [0.4, 0.5) is 5.69 Å². The molecule has 132 valence electrons. The summed E-state index contributed by atoms with van der Waals surface area (Å²) in [6, 6.07) is 9.30. The van der Waals surface area contributed by atoms with Crippen molar-refractivity contribution in [2.45, 2.75) is 45.1 Å². The van der Waals surface area contributed by atoms with Gasteiger partial charge in [0.2, 0.25) is 5.91 Å². The van der Waals surface area contributed by atoms with Crippen molar-refractivity contribution in [3.8, 4) is 0 Å². The first kappa shape index (κ1) is 17.3. The molecule has 1 heterocycles. The Bertz CT molecular complexity index is 554. The number of carbonyl (C=O) groups excluding carboxylic acids is 1. The van der Waals surface area contributed by atoms with E-state index in [-0.39, 0.29) is 5.91 Å². The molecule has 1 aromatic rings. The van der Waals surface area contributed by atoms with Gasteiger partial charge in [0.05, 0.1) is 6.54 Å². The van der Waals surface area contributed by atoms with E-state index >= 15 is 0 Å². The Kier molecular flexibility index (Phi) is 5.77. The minimum Gasteiger partial charge on any atom is -0.371 e. The lowest BCUT2D eigenvalue weighted by Crippen LogP contribution is -2.41. The lowest BCUT2D eigenvalue weighted by molar-refractivity contribution is -0.122. The minimum absolute atomic E-state index is 0.179. The smallest absolute Gasteiger partial charge is 0.234 e. The molecule has 0 radical (unpaired) electrons. The summed E-state index contributed by atoms with van der Waals surface area (Å²) < 4.78 is 0. The van der Waals surface area contributed by atoms with Gasteiger partial charge in [-0.2, -0.15) is 0 Å². The highest BCUT2D eigenvalue weighted by Gasteiger charge is 2.24. The second-order valence-corrected chi connectivity index (χ2v) is 7.60. The Morgan fingerprint density at radius 2 is 2.08 bits per heavy atom. The minimum atomic E-state index is 0.179. The van der Waals surface area contributed by atoms with Crippen LogP contribution in [0.15, 0.2) is 24.3 Å². The molecule has 2 fully saturated rings. The van der Waals surface area contributed by atoms with Crippen LogP contribution in [0, 0.1) is 12.8 Å². The summed E-state index contributed by atoms with van der Waals surface area (Å²) in [5, 5.41) is 3.16. The normalized spacial score (nSPS) is 21.6. The van der Waals surface area contributed by atoms with Gasteiger partial charge in [0.25, 0.3) is 0 Å². The molecule has 0 bridgehead atoms. The average Bonchev–Trinajstić information content (AvgIpc) is 3.25. The summed E-state index contributed by atoms with van der Waals surface area (Å²) in [7, 11) is 2.09. The van der Waals surface area contributed by atoms with Crippen molar-refractivity contribution in [3.63, 3.8) is 0 Å². The quantitative estimate of drug-likeness (QED) is 0.872. The van der Waals surface area contributed by atoms with Gasteiger partial charge in [0, 0.05) is 31.4 Å². The monoisotopic (exact) mass is 329 g/mol. The van der Waals surface area contributed by atoms with Crippen LogP contribution in [0.1, 0.15) is 37.7 Å². The fraction of sp³-hybridized carbons (Fsp3) is 0.650. The van der Waals surface area contributed by atoms with E-state index in [9.17, 15) is 4.79 Å². The fourth-order valence-corrected chi connectivity index (χ4v) is 4.07. The first-order valence-electron chi connectivity index (χ1n) is 9.40. The summed E-state index contributed by atoms with van der Waals surface area (Å²) in [4.78, 5) is 16.9. The van der Waals surface area contributed by atoms with Crippen molar-refractivity contribution in [2.75, 3.05) is 38.1 Å². The van der Waals surface area contributed by atoms with Gasteiger partial charge in [-0.15, -0.1) is 0 Å². The fourth-order valence-electron chi connectivity index (χ4n) is 4.07. The van der Waals surface area contributed by atoms with Crippen molar-refractivity contribution in [2.24, 2.45) is 5.92 Å². The number of anilines is 1. The molecule has 0 aromatic heterocycles. The van der Waals surface area contributed by atoms with E-state index < -0.39 is 0 Å². The van der Waals surface area contributed by atoms with Gasteiger partial charge in [0.15, 0.2) is 0 Å². The van der Waals surface area contributed by atoms with E-state index in [4.69, 9.17) is 0 Å². The highest BCUT2D eigenvalue weighted by molar-refractivity contribution is 5.78. The Balaban J connectivity index is 1.40. The lowest BCUT2D eigenvalue weighted by atomic mass is 10.1. The predicted molar refractivity (Wildman–Crippen MR) is 99.4 cm³/mol. The number of likely N-dealkylation sites (N-methyl/N-ethyl adjacent to an activating group) is 1. The van der Waals surface area contributed by atoms with E-state index in [0.29, 0.717) is 18.5 Å². The molecule has 1 atom stereocenters. The Morgan fingerprint density at radius 3 is 2.83 bits per heavy atom. The third-order valence-corrected chi connectivity index (χ3v) is 5.58. The van der Waals surface area contributed by atoms with Crippen molar-refractivity contribution in [3.05, 3.63) is 29.8 Å². The topological polar surface area (TPSA) is 35.6 Å². The highest BCUT2D eigenvalue weighted by Crippen LogP contribution is 2.24. The zero-order chi connectivity index (χ0) is 16.9. The third kappa shape index (κ3) is 4.50. The lowest BCUT2D eigenvalue weighted by Gasteiger charge is -2.23. The van der Waals surface area contributed by atoms with E-state index in [1.54, 1.807) is 0 Å². The van der Waals surface area contributed by atoms with Crippen LogP contribution in [0.5, 0.6) is 0 Å². The Morgan fingerprint density at radius 1 is 1.29 bits per heavy atom. The average molecular weight is 329 g/mol. The van der Waals surface area contributed by atoms with Gasteiger partial charge >= 0.3 is 0 Å². The highest BCUT2D eigenvalue weighted by atomic mass is 16.2. The molecular formula is C20H31N3O. The van der Waals surface area contributed by atoms with Crippen LogP contribution >= 0.6 is 0 Å². The summed E-state index contributed by atoms with van der Waals surface area (Å²) in [5.41, 5.74) is 2.61. The van der Waals surface area contributed by atoms with Gasteiger partial charge < -0.3 is 10.2 Å². The first-order chi connectivity index (χ1) is 11.6. The van der Waals surface area contributed by atoms with Crippen molar-refractivity contribution >= 4 is 11.6 Å². The molecule has 24 heavy (non-hydrogen) atoms. The molecule has 1 amide bonds. The van der Waals surface area contributed by atoms with Crippen LogP contribution in [0.3, 0.4) is 0 Å². The largest absolute Gasteiger partial charge is 0.371 e. The van der Waals surface area contributed by atoms with Gasteiger partial charge in [-0.25, -0.2) is 0 Å². The molecule has 4 nitrogen and oxygen atoms in total. The van der Waals surface area contributed by atoms with Gasteiger partial charge in [0.1, 0.15) is 0 Å². The maximum absolute atomic E-state index is 12.2. The van der Waals surface area contributed by atoms with Crippen LogP contribution in [-0.4, -0.2) is 50.1 Å². The van der Waals surface area contributed by atoms with Crippen LogP contribution in [0.2, 0.25) is 0 Å². The molecule has 1 saturated heterocycles. The molecule has 1 aliphatic heterocycles. The number of aryl methyl sites for hydroxylation is 1. The number of carbonyl (C=O) groups is 1. The standard InChI is InChI=1S/C20H31N3O/c1-16-6-5-9-19(12-16)23-11-10-17(14-23)13-21-20(24)15-22(2)18-7-3-4-8-18/h5-6,9,12,17-18H,3-4,7-8,10-11,13-15H2,1-2H3,(H,21,24)/t17-/m0/s1. The van der Waals surface area contributed by atoms with Crippen molar-refractivity contribution < 1.29 is 4.79 Å². The van der Waals surface area contributed by atoms with Crippen LogP contribution in [0.25, 0.3) is 0 Å². The SMILES string of the molecule is Cc1cccc(N2CC[C@@H](CNC(=O)CN(C)C3CCCC3)C2)c1. The van der Waals surface area contributed by atoms with Gasteiger partial charge in [-0.3, -0.25) is 9.69 Å². The van der Waals surface area contributed by atoms with E-state index in [0.717, 1.165) is 26.1 Å². The van der Waals surface area contributed by atoms with E-state index in [1.807, 2.05) is 0 Å².